The summed E-state index contributed by atoms with van der Waals surface area (Å²) in [6.07, 6.45) is -0.899. The molecule has 1 heterocycles. The first-order valence-electron chi connectivity index (χ1n) is 7.40. The molecule has 0 fully saturated rings. The van der Waals surface area contributed by atoms with Crippen LogP contribution in [0.15, 0.2) is 24.3 Å². The van der Waals surface area contributed by atoms with Gasteiger partial charge < -0.3 is 9.84 Å². The average molecular weight is 333 g/mol. The molecule has 0 aliphatic carbocycles. The summed E-state index contributed by atoms with van der Waals surface area (Å²) in [5.74, 6) is 0.400. The second-order valence-corrected chi connectivity index (χ2v) is 5.51. The van der Waals surface area contributed by atoms with Crippen molar-refractivity contribution in [3.8, 4) is 5.75 Å². The van der Waals surface area contributed by atoms with Crippen LogP contribution in [0, 0.1) is 24.0 Å². The molecule has 0 saturated heterocycles. The van der Waals surface area contributed by atoms with Crippen molar-refractivity contribution in [1.29, 1.82) is 0 Å². The van der Waals surface area contributed by atoms with E-state index in [1.54, 1.807) is 38.1 Å². The van der Waals surface area contributed by atoms with Gasteiger partial charge in [0.25, 0.3) is 0 Å². The summed E-state index contributed by atoms with van der Waals surface area (Å²) >= 11 is 0. The maximum absolute atomic E-state index is 11.3. The molecule has 1 aromatic carbocycles. The Hall–Kier alpha value is -2.74. The van der Waals surface area contributed by atoms with Gasteiger partial charge >= 0.3 is 5.69 Å². The Balaban J connectivity index is 2.00. The molecule has 2 rings (SSSR count). The molecule has 24 heavy (non-hydrogen) atoms. The number of hydrogen-bond donors (Lipinski definition) is 1. The molecule has 0 bridgehead atoms. The highest BCUT2D eigenvalue weighted by atomic mass is 16.6. The summed E-state index contributed by atoms with van der Waals surface area (Å²) in [6, 6.07) is 6.67. The van der Waals surface area contributed by atoms with E-state index >= 15 is 0 Å². The van der Waals surface area contributed by atoms with Crippen LogP contribution in [0.5, 0.6) is 5.75 Å². The fraction of sp³-hybridized carbons (Fsp3) is 0.375. The van der Waals surface area contributed by atoms with Gasteiger partial charge in [-0.25, -0.2) is 0 Å². The minimum atomic E-state index is -0.899. The highest BCUT2D eigenvalue weighted by Gasteiger charge is 2.22. The van der Waals surface area contributed by atoms with Gasteiger partial charge in [-0.05, 0) is 32.9 Å². The Morgan fingerprint density at radius 1 is 1.46 bits per heavy atom. The predicted molar refractivity (Wildman–Crippen MR) is 86.3 cm³/mol. The number of nitro groups is 1. The number of rotatable bonds is 7. The van der Waals surface area contributed by atoms with Crippen LogP contribution in [-0.4, -0.2) is 38.3 Å². The zero-order valence-electron chi connectivity index (χ0n) is 13.7. The first-order chi connectivity index (χ1) is 11.3. The number of ketones is 1. The van der Waals surface area contributed by atoms with E-state index in [-0.39, 0.29) is 24.6 Å². The summed E-state index contributed by atoms with van der Waals surface area (Å²) in [4.78, 5) is 21.8. The Morgan fingerprint density at radius 3 is 2.75 bits per heavy atom. The number of benzene rings is 1. The Bertz CT molecular complexity index is 769. The number of aromatic nitrogens is 2. The van der Waals surface area contributed by atoms with E-state index in [0.717, 1.165) is 0 Å². The van der Waals surface area contributed by atoms with E-state index in [2.05, 4.69) is 5.10 Å². The lowest BCUT2D eigenvalue weighted by Crippen LogP contribution is -2.24. The molecule has 0 saturated carbocycles. The lowest BCUT2D eigenvalue weighted by atomic mass is 10.1. The third kappa shape index (κ3) is 3.96. The van der Waals surface area contributed by atoms with Crippen molar-refractivity contribution >= 4 is 11.5 Å². The van der Waals surface area contributed by atoms with Crippen LogP contribution in [-0.2, 0) is 6.54 Å². The van der Waals surface area contributed by atoms with Crippen molar-refractivity contribution in [2.75, 3.05) is 6.61 Å². The van der Waals surface area contributed by atoms with E-state index in [1.807, 2.05) is 0 Å². The highest BCUT2D eigenvalue weighted by molar-refractivity contribution is 5.94. The van der Waals surface area contributed by atoms with E-state index in [9.17, 15) is 20.0 Å². The number of aliphatic hydroxyl groups excluding tert-OH is 1. The van der Waals surface area contributed by atoms with Gasteiger partial charge in [0, 0.05) is 5.56 Å². The van der Waals surface area contributed by atoms with Crippen LogP contribution < -0.4 is 4.74 Å². The molecule has 128 valence electrons. The molecule has 2 aromatic rings. The smallest absolute Gasteiger partial charge is 0.312 e. The number of nitrogens with zero attached hydrogens (tertiary/aromatic N) is 3. The molecule has 0 amide bonds. The maximum atomic E-state index is 11.3. The van der Waals surface area contributed by atoms with Crippen LogP contribution in [0.2, 0.25) is 0 Å². The van der Waals surface area contributed by atoms with Crippen LogP contribution in [0.25, 0.3) is 0 Å². The summed E-state index contributed by atoms with van der Waals surface area (Å²) < 4.78 is 6.87. The first kappa shape index (κ1) is 17.6. The summed E-state index contributed by atoms with van der Waals surface area (Å²) in [6.45, 7) is 4.66. The van der Waals surface area contributed by atoms with Crippen LogP contribution >= 0.6 is 0 Å². The molecule has 1 unspecified atom stereocenters. The lowest BCUT2D eigenvalue weighted by Gasteiger charge is -2.13. The lowest BCUT2D eigenvalue weighted by molar-refractivity contribution is -0.386. The zero-order valence-corrected chi connectivity index (χ0v) is 13.7. The summed E-state index contributed by atoms with van der Waals surface area (Å²) in [5.41, 5.74) is 1.17. The van der Waals surface area contributed by atoms with E-state index in [0.29, 0.717) is 22.7 Å². The molecular weight excluding hydrogens is 314 g/mol. The van der Waals surface area contributed by atoms with Gasteiger partial charge in [0.05, 0.1) is 11.5 Å². The fourth-order valence-corrected chi connectivity index (χ4v) is 2.38. The maximum Gasteiger partial charge on any atom is 0.312 e. The zero-order chi connectivity index (χ0) is 17.9. The minimum absolute atomic E-state index is 0.0203. The predicted octanol–water partition coefficient (Wildman–Crippen LogP) is 2.05. The number of hydrogen-bond acceptors (Lipinski definition) is 6. The Kier molecular flexibility index (Phi) is 5.30. The van der Waals surface area contributed by atoms with Crippen molar-refractivity contribution in [3.05, 3.63) is 51.3 Å². The SMILES string of the molecule is CC(=O)c1cccc(OCC(O)Cn2nc(C)c([N+](=O)[O-])c2C)c1. The normalized spacial score (nSPS) is 12.0. The highest BCUT2D eigenvalue weighted by Crippen LogP contribution is 2.22. The summed E-state index contributed by atoms with van der Waals surface area (Å²) in [7, 11) is 0. The number of carbonyl (C=O) groups is 1. The molecular formula is C16H19N3O5. The molecule has 0 radical (unpaired) electrons. The van der Waals surface area contributed by atoms with Crippen molar-refractivity contribution < 1.29 is 19.6 Å². The fourth-order valence-electron chi connectivity index (χ4n) is 2.38. The van der Waals surface area contributed by atoms with Gasteiger partial charge in [-0.2, -0.15) is 5.10 Å². The van der Waals surface area contributed by atoms with Gasteiger partial charge in [0.2, 0.25) is 0 Å². The average Bonchev–Trinajstić information content (AvgIpc) is 2.79. The molecule has 1 aromatic heterocycles. The number of aryl methyl sites for hydroxylation is 1. The molecule has 1 atom stereocenters. The second-order valence-electron chi connectivity index (χ2n) is 5.51. The van der Waals surface area contributed by atoms with Gasteiger partial charge in [-0.3, -0.25) is 19.6 Å². The summed E-state index contributed by atoms with van der Waals surface area (Å²) in [5, 5.41) is 25.1. The second kappa shape index (κ2) is 7.22. The van der Waals surface area contributed by atoms with Crippen LogP contribution in [0.4, 0.5) is 5.69 Å². The van der Waals surface area contributed by atoms with Gasteiger partial charge in [-0.1, -0.05) is 12.1 Å². The van der Waals surface area contributed by atoms with Crippen LogP contribution in [0.3, 0.4) is 0 Å². The molecule has 8 nitrogen and oxygen atoms in total. The molecule has 0 aliphatic heterocycles. The topological polar surface area (TPSA) is 107 Å². The molecule has 0 aliphatic rings. The quantitative estimate of drug-likeness (QED) is 0.472. The largest absolute Gasteiger partial charge is 0.491 e. The van der Waals surface area contributed by atoms with Crippen molar-refractivity contribution in [2.45, 2.75) is 33.4 Å². The monoisotopic (exact) mass is 333 g/mol. The van der Waals surface area contributed by atoms with E-state index in [1.165, 1.54) is 11.6 Å². The third-order valence-electron chi connectivity index (χ3n) is 3.59. The number of ether oxygens (including phenoxy) is 1. The van der Waals surface area contributed by atoms with Gasteiger partial charge in [0.1, 0.15) is 29.8 Å². The standard InChI is InChI=1S/C16H19N3O5/c1-10-16(19(22)23)11(2)18(17-10)8-14(21)9-24-15-6-4-5-13(7-15)12(3)20/h4-7,14,21H,8-9H2,1-3H3. The Morgan fingerprint density at radius 2 is 2.17 bits per heavy atom. The van der Waals surface area contributed by atoms with Crippen molar-refractivity contribution in [2.24, 2.45) is 0 Å². The van der Waals surface area contributed by atoms with Crippen LogP contribution in [0.1, 0.15) is 28.7 Å². The van der Waals surface area contributed by atoms with Gasteiger partial charge in [0.15, 0.2) is 5.78 Å². The first-order valence-corrected chi connectivity index (χ1v) is 7.40. The van der Waals surface area contributed by atoms with E-state index in [4.69, 9.17) is 4.74 Å². The number of Topliss-reactive ketones (excluding diaryl/α,β-unsaturated/α-hetero) is 1. The molecule has 8 heteroatoms. The van der Waals surface area contributed by atoms with Crippen molar-refractivity contribution in [3.63, 3.8) is 0 Å². The third-order valence-corrected chi connectivity index (χ3v) is 3.59. The van der Waals surface area contributed by atoms with Crippen molar-refractivity contribution in [1.82, 2.24) is 9.78 Å². The molecule has 1 N–H and O–H groups in total. The molecule has 0 spiro atoms. The minimum Gasteiger partial charge on any atom is -0.491 e. The number of carbonyl (C=O) groups excluding carboxylic acids is 1. The van der Waals surface area contributed by atoms with E-state index < -0.39 is 11.0 Å². The van der Waals surface area contributed by atoms with Gasteiger partial charge in [-0.15, -0.1) is 0 Å². The Labute approximate surface area is 138 Å². The number of aliphatic hydroxyl groups is 1.